The molecule has 0 aliphatic rings. The molecule has 0 saturated heterocycles. The highest BCUT2D eigenvalue weighted by molar-refractivity contribution is 9.10. The van der Waals surface area contributed by atoms with Crippen LogP contribution >= 0.6 is 15.9 Å². The smallest absolute Gasteiger partial charge is 0.343 e. The first kappa shape index (κ1) is 11.8. The minimum absolute atomic E-state index is 0.168. The molecule has 1 rings (SSSR count). The Labute approximate surface area is 95.5 Å². The number of halogens is 1. The molecular formula is C9H10BrNO4. The maximum atomic E-state index is 11.3. The molecule has 5 nitrogen and oxygen atoms in total. The molecule has 82 valence electrons. The number of pyridine rings is 1. The van der Waals surface area contributed by atoms with E-state index >= 15 is 0 Å². The fourth-order valence-electron chi connectivity index (χ4n) is 1.01. The average molecular weight is 276 g/mol. The number of hydrogen-bond donors (Lipinski definition) is 0. The van der Waals surface area contributed by atoms with Gasteiger partial charge in [0.2, 0.25) is 11.8 Å². The lowest BCUT2D eigenvalue weighted by molar-refractivity contribution is 0.0596. The Bertz CT molecular complexity index is 381. The third kappa shape index (κ3) is 2.38. The molecule has 0 aliphatic heterocycles. The number of carbonyl (C=O) groups is 1. The van der Waals surface area contributed by atoms with Crippen LogP contribution in [0.4, 0.5) is 0 Å². The Kier molecular flexibility index (Phi) is 3.90. The van der Waals surface area contributed by atoms with Gasteiger partial charge in [-0.15, -0.1) is 0 Å². The van der Waals surface area contributed by atoms with E-state index in [-0.39, 0.29) is 11.4 Å². The van der Waals surface area contributed by atoms with Gasteiger partial charge in [0.15, 0.2) is 0 Å². The van der Waals surface area contributed by atoms with E-state index in [0.717, 1.165) is 0 Å². The number of nitrogens with zero attached hydrogens (tertiary/aromatic N) is 1. The summed E-state index contributed by atoms with van der Waals surface area (Å²) in [5.41, 5.74) is 0.243. The van der Waals surface area contributed by atoms with Crippen molar-refractivity contribution >= 4 is 21.9 Å². The van der Waals surface area contributed by atoms with E-state index in [2.05, 4.69) is 25.7 Å². The molecule has 0 spiro atoms. The summed E-state index contributed by atoms with van der Waals surface area (Å²) < 4.78 is 15.1. The first-order chi connectivity index (χ1) is 7.13. The van der Waals surface area contributed by atoms with Crippen molar-refractivity contribution in [2.24, 2.45) is 0 Å². The minimum Gasteiger partial charge on any atom is -0.480 e. The second kappa shape index (κ2) is 4.97. The van der Waals surface area contributed by atoms with Crippen LogP contribution in [-0.2, 0) is 4.74 Å². The Morgan fingerprint density at radius 3 is 2.33 bits per heavy atom. The fourth-order valence-corrected chi connectivity index (χ4v) is 1.49. The van der Waals surface area contributed by atoms with E-state index in [0.29, 0.717) is 10.4 Å². The zero-order chi connectivity index (χ0) is 11.4. The molecule has 0 saturated carbocycles. The molecule has 6 heteroatoms. The lowest BCUT2D eigenvalue weighted by Gasteiger charge is -2.08. The third-order valence-corrected chi connectivity index (χ3v) is 2.27. The Morgan fingerprint density at radius 1 is 1.27 bits per heavy atom. The van der Waals surface area contributed by atoms with Crippen molar-refractivity contribution < 1.29 is 19.0 Å². The van der Waals surface area contributed by atoms with Gasteiger partial charge in [0.05, 0.1) is 25.8 Å². The summed E-state index contributed by atoms with van der Waals surface area (Å²) >= 11 is 3.22. The van der Waals surface area contributed by atoms with Crippen LogP contribution in [0.2, 0.25) is 0 Å². The number of esters is 1. The van der Waals surface area contributed by atoms with Crippen molar-refractivity contribution in [3.63, 3.8) is 0 Å². The van der Waals surface area contributed by atoms with Crippen molar-refractivity contribution in [2.75, 3.05) is 21.3 Å². The molecule has 0 aliphatic carbocycles. The molecule has 1 aromatic rings. The van der Waals surface area contributed by atoms with E-state index in [1.807, 2.05) is 0 Å². The summed E-state index contributed by atoms with van der Waals surface area (Å²) in [7, 11) is 4.19. The highest BCUT2D eigenvalue weighted by Crippen LogP contribution is 2.29. The minimum atomic E-state index is -0.511. The summed E-state index contributed by atoms with van der Waals surface area (Å²) in [5, 5.41) is 0. The van der Waals surface area contributed by atoms with E-state index in [9.17, 15) is 4.79 Å². The van der Waals surface area contributed by atoms with Crippen molar-refractivity contribution in [2.45, 2.75) is 0 Å². The Balaban J connectivity index is 3.27. The number of aromatic nitrogens is 1. The molecule has 1 aromatic heterocycles. The second-order valence-electron chi connectivity index (χ2n) is 2.53. The lowest BCUT2D eigenvalue weighted by Crippen LogP contribution is -2.06. The highest BCUT2D eigenvalue weighted by Gasteiger charge is 2.17. The lowest BCUT2D eigenvalue weighted by atomic mass is 10.3. The number of ether oxygens (including phenoxy) is 3. The number of hydrogen-bond acceptors (Lipinski definition) is 5. The maximum Gasteiger partial charge on any atom is 0.343 e. The molecule has 0 bridgehead atoms. The van der Waals surface area contributed by atoms with Crippen LogP contribution in [0.3, 0.4) is 0 Å². The van der Waals surface area contributed by atoms with Gasteiger partial charge in [-0.3, -0.25) is 0 Å². The summed E-state index contributed by atoms with van der Waals surface area (Å²) in [4.78, 5) is 15.3. The first-order valence-electron chi connectivity index (χ1n) is 4.00. The van der Waals surface area contributed by atoms with Crippen LogP contribution in [0.5, 0.6) is 11.8 Å². The van der Waals surface area contributed by atoms with Gasteiger partial charge in [-0.2, -0.15) is 4.98 Å². The van der Waals surface area contributed by atoms with Crippen molar-refractivity contribution in [1.29, 1.82) is 0 Å². The van der Waals surface area contributed by atoms with Gasteiger partial charge in [0.1, 0.15) is 5.56 Å². The van der Waals surface area contributed by atoms with Crippen molar-refractivity contribution in [3.05, 3.63) is 16.1 Å². The van der Waals surface area contributed by atoms with Crippen LogP contribution in [0, 0.1) is 0 Å². The van der Waals surface area contributed by atoms with Gasteiger partial charge in [0.25, 0.3) is 0 Å². The summed E-state index contributed by atoms with van der Waals surface area (Å²) in [6, 6.07) is 1.54. The third-order valence-electron chi connectivity index (χ3n) is 1.70. The average Bonchev–Trinajstić information content (AvgIpc) is 2.27. The molecule has 15 heavy (non-hydrogen) atoms. The standard InChI is InChI=1S/C9H10BrNO4/c1-13-7-5(9(12)15-3)4-6(10)8(11-7)14-2/h4H,1-3H3. The molecule has 0 aromatic carbocycles. The van der Waals surface area contributed by atoms with Gasteiger partial charge in [0, 0.05) is 0 Å². The summed E-state index contributed by atoms with van der Waals surface area (Å²) in [5.74, 6) is 0.00380. The molecule has 0 fully saturated rings. The van der Waals surface area contributed by atoms with E-state index < -0.39 is 5.97 Å². The van der Waals surface area contributed by atoms with Crippen LogP contribution < -0.4 is 9.47 Å². The quantitative estimate of drug-likeness (QED) is 0.785. The molecule has 0 unspecified atom stereocenters. The van der Waals surface area contributed by atoms with Crippen molar-refractivity contribution in [3.8, 4) is 11.8 Å². The van der Waals surface area contributed by atoms with Gasteiger partial charge in [-0.05, 0) is 22.0 Å². The predicted molar refractivity (Wildman–Crippen MR) is 56.4 cm³/mol. The van der Waals surface area contributed by atoms with Gasteiger partial charge < -0.3 is 14.2 Å². The van der Waals surface area contributed by atoms with Crippen LogP contribution in [0.1, 0.15) is 10.4 Å². The molecule has 0 N–H and O–H groups in total. The van der Waals surface area contributed by atoms with Crippen molar-refractivity contribution in [1.82, 2.24) is 4.98 Å². The largest absolute Gasteiger partial charge is 0.480 e. The normalized spacial score (nSPS) is 9.60. The SMILES string of the molecule is COC(=O)c1cc(Br)c(OC)nc1OC. The zero-order valence-electron chi connectivity index (χ0n) is 8.54. The number of rotatable bonds is 3. The predicted octanol–water partition coefficient (Wildman–Crippen LogP) is 1.65. The highest BCUT2D eigenvalue weighted by atomic mass is 79.9. The van der Waals surface area contributed by atoms with Gasteiger partial charge in [-0.1, -0.05) is 0 Å². The number of carbonyl (C=O) groups excluding carboxylic acids is 1. The second-order valence-corrected chi connectivity index (χ2v) is 3.38. The van der Waals surface area contributed by atoms with E-state index in [1.54, 1.807) is 0 Å². The topological polar surface area (TPSA) is 57.7 Å². The summed E-state index contributed by atoms with van der Waals surface area (Å²) in [6.45, 7) is 0. The maximum absolute atomic E-state index is 11.3. The van der Waals surface area contributed by atoms with Gasteiger partial charge >= 0.3 is 5.97 Å². The molecule has 0 radical (unpaired) electrons. The summed E-state index contributed by atoms with van der Waals surface area (Å²) in [6.07, 6.45) is 0. The number of methoxy groups -OCH3 is 3. The molecule has 1 heterocycles. The van der Waals surface area contributed by atoms with Crippen LogP contribution in [0.25, 0.3) is 0 Å². The first-order valence-corrected chi connectivity index (χ1v) is 4.80. The molecular weight excluding hydrogens is 266 g/mol. The van der Waals surface area contributed by atoms with E-state index in [1.165, 1.54) is 27.4 Å². The molecule has 0 amide bonds. The molecule has 0 atom stereocenters. The van der Waals surface area contributed by atoms with Crippen LogP contribution in [0.15, 0.2) is 10.5 Å². The van der Waals surface area contributed by atoms with Gasteiger partial charge in [-0.25, -0.2) is 4.79 Å². The zero-order valence-corrected chi connectivity index (χ0v) is 10.1. The Morgan fingerprint density at radius 2 is 1.87 bits per heavy atom. The Hall–Kier alpha value is -1.30. The van der Waals surface area contributed by atoms with Crippen LogP contribution in [-0.4, -0.2) is 32.3 Å². The fraction of sp³-hybridized carbons (Fsp3) is 0.333. The van der Waals surface area contributed by atoms with E-state index in [4.69, 9.17) is 9.47 Å². The monoisotopic (exact) mass is 275 g/mol.